The van der Waals surface area contributed by atoms with Gasteiger partial charge < -0.3 is 0 Å². The number of alkyl halides is 3. The second-order valence-electron chi connectivity index (χ2n) is 3.57. The molecule has 0 radical (unpaired) electrons. The van der Waals surface area contributed by atoms with Gasteiger partial charge in [0.2, 0.25) is 5.13 Å². The number of benzene rings is 1. The van der Waals surface area contributed by atoms with Gasteiger partial charge in [-0.3, -0.25) is 10.1 Å². The maximum atomic E-state index is 12.8. The minimum absolute atomic E-state index is 0.163. The number of carbonyl (C=O) groups is 1. The topological polar surface area (TPSA) is 54.9 Å². The van der Waals surface area contributed by atoms with Crippen LogP contribution in [0, 0.1) is 0 Å². The Balaban J connectivity index is 2.25. The number of amides is 1. The maximum absolute atomic E-state index is 12.8. The number of rotatable bonds is 3. The van der Waals surface area contributed by atoms with Crippen molar-refractivity contribution >= 4 is 34.1 Å². The summed E-state index contributed by atoms with van der Waals surface area (Å²) in [5.74, 6) is -0.860. The zero-order valence-corrected chi connectivity index (χ0v) is 11.7. The van der Waals surface area contributed by atoms with Crippen LogP contribution in [-0.2, 0) is 6.18 Å². The smallest absolute Gasteiger partial charge is 0.296 e. The number of thioether (sulfide) groups is 1. The Kier molecular flexibility index (Phi) is 4.29. The van der Waals surface area contributed by atoms with Gasteiger partial charge in [0.1, 0.15) is 0 Å². The summed E-state index contributed by atoms with van der Waals surface area (Å²) in [6.07, 6.45) is -2.80. The van der Waals surface area contributed by atoms with Crippen LogP contribution in [0.4, 0.5) is 18.3 Å². The minimum Gasteiger partial charge on any atom is -0.296 e. The van der Waals surface area contributed by atoms with Crippen LogP contribution in [-0.4, -0.2) is 22.4 Å². The molecule has 1 heterocycles. The second-order valence-corrected chi connectivity index (χ2v) is 5.61. The highest BCUT2D eigenvalue weighted by Crippen LogP contribution is 2.32. The standard InChI is InChI=1S/C11H8F3N3OS2/c1-19-10-17-16-9(20-10)15-8(18)6-4-2-3-5-7(6)11(12,13)14/h2-5H,1H3,(H,15,16,18). The van der Waals surface area contributed by atoms with E-state index in [-0.39, 0.29) is 5.13 Å². The molecule has 0 unspecified atom stereocenters. The van der Waals surface area contributed by atoms with E-state index >= 15 is 0 Å². The van der Waals surface area contributed by atoms with E-state index in [0.717, 1.165) is 23.5 Å². The zero-order chi connectivity index (χ0) is 14.8. The first-order chi connectivity index (χ1) is 9.41. The number of nitrogens with zero attached hydrogens (tertiary/aromatic N) is 2. The Labute approximate surface area is 120 Å². The average molecular weight is 319 g/mol. The number of anilines is 1. The van der Waals surface area contributed by atoms with Gasteiger partial charge in [-0.15, -0.1) is 10.2 Å². The van der Waals surface area contributed by atoms with Gasteiger partial charge in [-0.25, -0.2) is 0 Å². The second kappa shape index (κ2) is 5.80. The zero-order valence-electron chi connectivity index (χ0n) is 10.1. The van der Waals surface area contributed by atoms with Crippen molar-refractivity contribution in [1.82, 2.24) is 10.2 Å². The Morgan fingerprint density at radius 3 is 2.60 bits per heavy atom. The van der Waals surface area contributed by atoms with Gasteiger partial charge in [-0.2, -0.15) is 13.2 Å². The van der Waals surface area contributed by atoms with Crippen LogP contribution in [0.25, 0.3) is 0 Å². The van der Waals surface area contributed by atoms with Gasteiger partial charge in [-0.1, -0.05) is 35.2 Å². The maximum Gasteiger partial charge on any atom is 0.417 e. The molecule has 2 rings (SSSR count). The molecule has 0 spiro atoms. The molecule has 0 aliphatic carbocycles. The highest BCUT2D eigenvalue weighted by Gasteiger charge is 2.34. The largest absolute Gasteiger partial charge is 0.417 e. The van der Waals surface area contributed by atoms with Crippen molar-refractivity contribution in [2.24, 2.45) is 0 Å². The number of carbonyl (C=O) groups excluding carboxylic acids is 1. The molecule has 1 amide bonds. The summed E-state index contributed by atoms with van der Waals surface area (Å²) in [4.78, 5) is 11.9. The molecule has 0 bridgehead atoms. The lowest BCUT2D eigenvalue weighted by Gasteiger charge is -2.11. The molecule has 106 valence electrons. The summed E-state index contributed by atoms with van der Waals surface area (Å²) in [5.41, 5.74) is -1.42. The fourth-order valence-corrected chi connectivity index (χ4v) is 2.60. The first kappa shape index (κ1) is 14.8. The third-order valence-electron chi connectivity index (χ3n) is 2.28. The molecular weight excluding hydrogens is 311 g/mol. The highest BCUT2D eigenvalue weighted by atomic mass is 32.2. The number of hydrogen-bond donors (Lipinski definition) is 1. The van der Waals surface area contributed by atoms with Crippen LogP contribution in [0.3, 0.4) is 0 Å². The molecule has 1 aromatic heterocycles. The van der Waals surface area contributed by atoms with Crippen molar-refractivity contribution < 1.29 is 18.0 Å². The third kappa shape index (κ3) is 3.28. The molecule has 0 fully saturated rings. The van der Waals surface area contributed by atoms with Crippen molar-refractivity contribution in [1.29, 1.82) is 0 Å². The Hall–Kier alpha value is -1.61. The summed E-state index contributed by atoms with van der Waals surface area (Å²) in [5, 5.41) is 9.91. The molecule has 1 N–H and O–H groups in total. The highest BCUT2D eigenvalue weighted by molar-refractivity contribution is 8.00. The number of aromatic nitrogens is 2. The molecule has 0 aliphatic heterocycles. The van der Waals surface area contributed by atoms with Crippen LogP contribution < -0.4 is 5.32 Å². The average Bonchev–Trinajstić information content (AvgIpc) is 2.85. The first-order valence-electron chi connectivity index (χ1n) is 5.27. The Morgan fingerprint density at radius 2 is 2.00 bits per heavy atom. The van der Waals surface area contributed by atoms with Gasteiger partial charge >= 0.3 is 6.18 Å². The molecule has 0 atom stereocenters. The van der Waals surface area contributed by atoms with E-state index in [1.807, 2.05) is 0 Å². The van der Waals surface area contributed by atoms with E-state index in [2.05, 4.69) is 15.5 Å². The molecular formula is C11H8F3N3OS2. The van der Waals surface area contributed by atoms with E-state index in [1.54, 1.807) is 6.26 Å². The summed E-state index contributed by atoms with van der Waals surface area (Å²) >= 11 is 2.43. The van der Waals surface area contributed by atoms with Gasteiger partial charge in [0, 0.05) is 0 Å². The lowest BCUT2D eigenvalue weighted by Crippen LogP contribution is -2.18. The monoisotopic (exact) mass is 319 g/mol. The summed E-state index contributed by atoms with van der Waals surface area (Å²) < 4.78 is 39.0. The molecule has 2 aromatic rings. The summed E-state index contributed by atoms with van der Waals surface area (Å²) in [6, 6.07) is 4.59. The predicted molar refractivity (Wildman–Crippen MR) is 71.1 cm³/mol. The van der Waals surface area contributed by atoms with Crippen LogP contribution in [0.2, 0.25) is 0 Å². The van der Waals surface area contributed by atoms with E-state index in [4.69, 9.17) is 0 Å². The molecule has 0 aliphatic rings. The van der Waals surface area contributed by atoms with E-state index < -0.39 is 23.2 Å². The van der Waals surface area contributed by atoms with Gasteiger partial charge in [-0.05, 0) is 18.4 Å². The van der Waals surface area contributed by atoms with E-state index in [1.165, 1.54) is 23.9 Å². The molecule has 0 saturated carbocycles. The first-order valence-corrected chi connectivity index (χ1v) is 7.31. The minimum atomic E-state index is -4.58. The normalized spacial score (nSPS) is 11.4. The lowest BCUT2D eigenvalue weighted by atomic mass is 10.1. The van der Waals surface area contributed by atoms with Crippen LogP contribution >= 0.6 is 23.1 Å². The summed E-state index contributed by atoms with van der Waals surface area (Å²) in [6.45, 7) is 0. The number of nitrogens with one attached hydrogen (secondary N) is 1. The quantitative estimate of drug-likeness (QED) is 0.694. The fraction of sp³-hybridized carbons (Fsp3) is 0.182. The lowest BCUT2D eigenvalue weighted by molar-refractivity contribution is -0.137. The summed E-state index contributed by atoms with van der Waals surface area (Å²) in [7, 11) is 0. The van der Waals surface area contributed by atoms with E-state index in [0.29, 0.717) is 4.34 Å². The van der Waals surface area contributed by atoms with Crippen LogP contribution in [0.1, 0.15) is 15.9 Å². The molecule has 0 saturated heterocycles. The van der Waals surface area contributed by atoms with Gasteiger partial charge in [0.05, 0.1) is 11.1 Å². The fourth-order valence-electron chi connectivity index (χ4n) is 1.44. The predicted octanol–water partition coefficient (Wildman–Crippen LogP) is 3.53. The Morgan fingerprint density at radius 1 is 1.30 bits per heavy atom. The van der Waals surface area contributed by atoms with Crippen molar-refractivity contribution in [3.63, 3.8) is 0 Å². The molecule has 20 heavy (non-hydrogen) atoms. The SMILES string of the molecule is CSc1nnc(NC(=O)c2ccccc2C(F)(F)F)s1. The molecule has 1 aromatic carbocycles. The molecule has 4 nitrogen and oxygen atoms in total. The van der Waals surface area contributed by atoms with Crippen molar-refractivity contribution in [2.45, 2.75) is 10.5 Å². The van der Waals surface area contributed by atoms with Crippen LogP contribution in [0.5, 0.6) is 0 Å². The molecule has 9 heteroatoms. The number of hydrogen-bond acceptors (Lipinski definition) is 5. The number of halogens is 3. The van der Waals surface area contributed by atoms with Crippen molar-refractivity contribution in [2.75, 3.05) is 11.6 Å². The van der Waals surface area contributed by atoms with E-state index in [9.17, 15) is 18.0 Å². The van der Waals surface area contributed by atoms with Gasteiger partial charge in [0.25, 0.3) is 5.91 Å². The van der Waals surface area contributed by atoms with Crippen molar-refractivity contribution in [3.05, 3.63) is 35.4 Å². The Bertz CT molecular complexity index is 627. The van der Waals surface area contributed by atoms with Gasteiger partial charge in [0.15, 0.2) is 4.34 Å². The third-order valence-corrected chi connectivity index (χ3v) is 4.09. The van der Waals surface area contributed by atoms with Crippen LogP contribution in [0.15, 0.2) is 28.6 Å². The van der Waals surface area contributed by atoms with Crippen molar-refractivity contribution in [3.8, 4) is 0 Å².